The molecule has 0 saturated carbocycles. The van der Waals surface area contributed by atoms with Crippen molar-refractivity contribution in [3.05, 3.63) is 126 Å². The third-order valence-electron chi connectivity index (χ3n) is 5.91. The van der Waals surface area contributed by atoms with Crippen molar-refractivity contribution in [3.63, 3.8) is 0 Å². The van der Waals surface area contributed by atoms with Crippen molar-refractivity contribution in [2.24, 2.45) is 0 Å². The summed E-state index contributed by atoms with van der Waals surface area (Å²) in [4.78, 5) is 27.6. The molecule has 0 aliphatic carbocycles. The van der Waals surface area contributed by atoms with Gasteiger partial charge >= 0.3 is 19.8 Å². The van der Waals surface area contributed by atoms with E-state index in [-0.39, 0.29) is 37.5 Å². The standard InChI is InChI=1S/C30H26NO8P/c32-29(38-30(33)26-19-28-25(31-26)17-18-35-28)16-15-24-13-7-8-14-27(24)39-40(34,36-20-22-9-3-1-4-10-22)37-21-23-11-5-2-6-12-23/h1-14,17-19,31H,15-16,20-21H2. The highest BCUT2D eigenvalue weighted by atomic mass is 31.2. The molecule has 0 unspecified atom stereocenters. The number of ether oxygens (including phenoxy) is 1. The molecule has 0 aliphatic rings. The molecule has 5 aromatic rings. The van der Waals surface area contributed by atoms with Gasteiger partial charge in [0.15, 0.2) is 5.58 Å². The van der Waals surface area contributed by atoms with E-state index in [0.29, 0.717) is 16.7 Å². The normalized spacial score (nSPS) is 11.4. The number of aryl methyl sites for hydroxylation is 1. The molecule has 0 bridgehead atoms. The third kappa shape index (κ3) is 7.15. The Labute approximate surface area is 230 Å². The summed E-state index contributed by atoms with van der Waals surface area (Å²) in [5.41, 5.74) is 3.38. The van der Waals surface area contributed by atoms with Crippen LogP contribution in [0.1, 0.15) is 33.6 Å². The second-order valence-corrected chi connectivity index (χ2v) is 10.4. The lowest BCUT2D eigenvalue weighted by atomic mass is 10.1. The van der Waals surface area contributed by atoms with Crippen LogP contribution in [-0.2, 0) is 42.8 Å². The minimum atomic E-state index is -4.10. The van der Waals surface area contributed by atoms with Crippen LogP contribution in [0.4, 0.5) is 0 Å². The molecule has 0 fully saturated rings. The molecule has 5 rings (SSSR count). The van der Waals surface area contributed by atoms with Gasteiger partial charge in [0, 0.05) is 12.1 Å². The Morgan fingerprint density at radius 1 is 0.800 bits per heavy atom. The van der Waals surface area contributed by atoms with Crippen LogP contribution in [-0.4, -0.2) is 16.9 Å². The van der Waals surface area contributed by atoms with Gasteiger partial charge in [-0.3, -0.25) is 13.8 Å². The quantitative estimate of drug-likeness (QED) is 0.0987. The maximum atomic E-state index is 13.8. The number of phosphoric acid groups is 1. The first-order valence-electron chi connectivity index (χ1n) is 12.5. The van der Waals surface area contributed by atoms with E-state index in [2.05, 4.69) is 4.98 Å². The number of carbonyl (C=O) groups is 2. The summed E-state index contributed by atoms with van der Waals surface area (Å²) in [5.74, 6) is -1.31. The van der Waals surface area contributed by atoms with Crippen molar-refractivity contribution < 1.29 is 36.9 Å². The largest absolute Gasteiger partial charge is 0.530 e. The van der Waals surface area contributed by atoms with E-state index in [1.165, 1.54) is 12.3 Å². The highest BCUT2D eigenvalue weighted by Crippen LogP contribution is 2.51. The highest BCUT2D eigenvalue weighted by Gasteiger charge is 2.30. The predicted octanol–water partition coefficient (Wildman–Crippen LogP) is 7.00. The van der Waals surface area contributed by atoms with Crippen molar-refractivity contribution in [1.29, 1.82) is 0 Å². The summed E-state index contributed by atoms with van der Waals surface area (Å²) < 4.78 is 41.2. The van der Waals surface area contributed by atoms with Gasteiger partial charge < -0.3 is 18.7 Å². The molecule has 204 valence electrons. The number of furan rings is 1. The third-order valence-corrected chi connectivity index (χ3v) is 7.22. The van der Waals surface area contributed by atoms with Crippen molar-refractivity contribution in [2.45, 2.75) is 26.1 Å². The first-order valence-corrected chi connectivity index (χ1v) is 14.0. The van der Waals surface area contributed by atoms with Gasteiger partial charge in [0.05, 0.1) is 31.4 Å². The Hall–Kier alpha value is -4.43. The Bertz CT molecular complexity index is 1550. The molecule has 0 atom stereocenters. The van der Waals surface area contributed by atoms with E-state index in [9.17, 15) is 14.2 Å². The summed E-state index contributed by atoms with van der Waals surface area (Å²) in [6.07, 6.45) is 1.52. The molecule has 0 amide bonds. The summed E-state index contributed by atoms with van der Waals surface area (Å²) in [7, 11) is -4.10. The van der Waals surface area contributed by atoms with Crippen LogP contribution < -0.4 is 4.52 Å². The van der Waals surface area contributed by atoms with Crippen LogP contribution in [0, 0.1) is 0 Å². The zero-order valence-corrected chi connectivity index (χ0v) is 22.3. The van der Waals surface area contributed by atoms with Gasteiger partial charge in [0.25, 0.3) is 0 Å². The molecular weight excluding hydrogens is 533 g/mol. The Kier molecular flexibility index (Phi) is 8.56. The van der Waals surface area contributed by atoms with Gasteiger partial charge in [0.1, 0.15) is 11.4 Å². The molecule has 0 aliphatic heterocycles. The first kappa shape index (κ1) is 27.1. The fourth-order valence-corrected chi connectivity index (χ4v) is 5.08. The second kappa shape index (κ2) is 12.6. The number of aromatic nitrogens is 1. The van der Waals surface area contributed by atoms with E-state index in [1.807, 2.05) is 60.7 Å². The smallest absolute Gasteiger partial charge is 0.463 e. The zero-order chi connectivity index (χ0) is 27.8. The molecular formula is C30H26NO8P. The molecule has 9 nitrogen and oxygen atoms in total. The number of hydrogen-bond donors (Lipinski definition) is 1. The lowest BCUT2D eigenvalue weighted by Crippen LogP contribution is -2.13. The van der Waals surface area contributed by atoms with E-state index in [4.69, 9.17) is 22.7 Å². The van der Waals surface area contributed by atoms with Crippen molar-refractivity contribution >= 4 is 30.9 Å². The van der Waals surface area contributed by atoms with E-state index < -0.39 is 19.8 Å². The number of phosphoric ester groups is 1. The zero-order valence-electron chi connectivity index (χ0n) is 21.4. The molecule has 40 heavy (non-hydrogen) atoms. The van der Waals surface area contributed by atoms with E-state index in [0.717, 1.165) is 11.1 Å². The molecule has 3 aromatic carbocycles. The number of para-hydroxylation sites is 1. The topological polar surface area (TPSA) is 117 Å². The van der Waals surface area contributed by atoms with Crippen LogP contribution >= 0.6 is 7.82 Å². The molecule has 1 N–H and O–H groups in total. The van der Waals surface area contributed by atoms with Gasteiger partial charge in [-0.1, -0.05) is 78.9 Å². The van der Waals surface area contributed by atoms with Crippen LogP contribution in [0.2, 0.25) is 0 Å². The van der Waals surface area contributed by atoms with Gasteiger partial charge in [-0.15, -0.1) is 0 Å². The predicted molar refractivity (Wildman–Crippen MR) is 146 cm³/mol. The van der Waals surface area contributed by atoms with Crippen molar-refractivity contribution in [3.8, 4) is 5.75 Å². The van der Waals surface area contributed by atoms with E-state index >= 15 is 0 Å². The number of nitrogens with one attached hydrogen (secondary N) is 1. The number of fused-ring (bicyclic) bond motifs is 1. The first-order chi connectivity index (χ1) is 19.5. The molecule has 0 radical (unpaired) electrons. The number of H-pyrrole nitrogens is 1. The number of carbonyl (C=O) groups excluding carboxylic acids is 2. The molecule has 2 heterocycles. The summed E-state index contributed by atoms with van der Waals surface area (Å²) in [6.45, 7) is 0.0129. The number of rotatable bonds is 12. The monoisotopic (exact) mass is 559 g/mol. The average Bonchev–Trinajstić information content (AvgIpc) is 3.59. The fourth-order valence-electron chi connectivity index (χ4n) is 3.87. The maximum Gasteiger partial charge on any atom is 0.530 e. The number of aromatic amines is 1. The summed E-state index contributed by atoms with van der Waals surface area (Å²) in [6, 6.07) is 28.4. The SMILES string of the molecule is O=C(CCc1ccccc1OP(=O)(OCc1ccccc1)OCc1ccccc1)OC(=O)c1cc2occc2[nH]1. The molecule has 0 spiro atoms. The molecule has 10 heteroatoms. The van der Waals surface area contributed by atoms with Crippen LogP contribution in [0.5, 0.6) is 5.75 Å². The van der Waals surface area contributed by atoms with Gasteiger partial charge in [-0.05, 0) is 29.2 Å². The highest BCUT2D eigenvalue weighted by molar-refractivity contribution is 7.48. The maximum absolute atomic E-state index is 13.8. The average molecular weight is 560 g/mol. The van der Waals surface area contributed by atoms with Gasteiger partial charge in [-0.2, -0.15) is 0 Å². The molecule has 0 saturated heterocycles. The minimum Gasteiger partial charge on any atom is -0.463 e. The minimum absolute atomic E-state index is 0.00646. The Morgan fingerprint density at radius 3 is 2.08 bits per heavy atom. The number of benzene rings is 3. The number of hydrogen-bond acceptors (Lipinski definition) is 8. The summed E-state index contributed by atoms with van der Waals surface area (Å²) in [5, 5.41) is 0. The van der Waals surface area contributed by atoms with Gasteiger partial charge in [-0.25, -0.2) is 9.36 Å². The van der Waals surface area contributed by atoms with E-state index in [1.54, 1.807) is 30.3 Å². The van der Waals surface area contributed by atoms with Crippen LogP contribution in [0.3, 0.4) is 0 Å². The lowest BCUT2D eigenvalue weighted by molar-refractivity contribution is -0.137. The second-order valence-electron chi connectivity index (χ2n) is 8.81. The van der Waals surface area contributed by atoms with Crippen LogP contribution in [0.25, 0.3) is 11.1 Å². The fraction of sp³-hybridized carbons (Fsp3) is 0.133. The van der Waals surface area contributed by atoms with Crippen molar-refractivity contribution in [1.82, 2.24) is 4.98 Å². The van der Waals surface area contributed by atoms with Gasteiger partial charge in [0.2, 0.25) is 0 Å². The number of esters is 2. The Balaban J connectivity index is 1.24. The summed E-state index contributed by atoms with van der Waals surface area (Å²) >= 11 is 0. The lowest BCUT2D eigenvalue weighted by Gasteiger charge is -2.20. The van der Waals surface area contributed by atoms with Crippen molar-refractivity contribution in [2.75, 3.05) is 0 Å². The Morgan fingerprint density at radius 2 is 1.43 bits per heavy atom. The van der Waals surface area contributed by atoms with Crippen LogP contribution in [0.15, 0.2) is 108 Å². The molecule has 2 aromatic heterocycles.